The summed E-state index contributed by atoms with van der Waals surface area (Å²) in [6.07, 6.45) is 7.77. The first-order valence-electron chi connectivity index (χ1n) is 10.8. The van der Waals surface area contributed by atoms with E-state index in [1.807, 2.05) is 30.5 Å². The van der Waals surface area contributed by atoms with Gasteiger partial charge in [-0.05, 0) is 54.7 Å². The van der Waals surface area contributed by atoms with Gasteiger partial charge in [0.15, 0.2) is 0 Å². The molecule has 5 nitrogen and oxygen atoms in total. The highest BCUT2D eigenvalue weighted by Gasteiger charge is 2.35. The van der Waals surface area contributed by atoms with Gasteiger partial charge in [0, 0.05) is 30.4 Å². The normalized spacial score (nSPS) is 18.3. The predicted octanol–water partition coefficient (Wildman–Crippen LogP) is 5.05. The van der Waals surface area contributed by atoms with Crippen LogP contribution in [0.3, 0.4) is 0 Å². The Bertz CT molecular complexity index is 844. The van der Waals surface area contributed by atoms with Gasteiger partial charge in [-0.2, -0.15) is 0 Å². The number of hydrogen-bond acceptors (Lipinski definition) is 4. The topological polar surface area (TPSA) is 54.5 Å². The summed E-state index contributed by atoms with van der Waals surface area (Å²) in [5, 5.41) is 2.95. The first-order valence-corrected chi connectivity index (χ1v) is 10.8. The van der Waals surface area contributed by atoms with Gasteiger partial charge in [-0.3, -0.25) is 4.98 Å². The molecule has 0 atom stereocenters. The Kier molecular flexibility index (Phi) is 5.74. The lowest BCUT2D eigenvalue weighted by atomic mass is 9.87. The van der Waals surface area contributed by atoms with E-state index in [9.17, 15) is 4.79 Å². The molecule has 0 saturated heterocycles. The molecule has 1 saturated carbocycles. The number of ether oxygens (including phenoxy) is 1. The van der Waals surface area contributed by atoms with Gasteiger partial charge in [-0.25, -0.2) is 4.79 Å². The van der Waals surface area contributed by atoms with Crippen molar-refractivity contribution in [2.24, 2.45) is 5.92 Å². The van der Waals surface area contributed by atoms with Crippen molar-refractivity contribution in [2.45, 2.75) is 57.9 Å². The van der Waals surface area contributed by atoms with Crippen LogP contribution in [0.1, 0.15) is 57.2 Å². The second-order valence-corrected chi connectivity index (χ2v) is 9.01. The summed E-state index contributed by atoms with van der Waals surface area (Å²) in [5.74, 6) is 1.20. The Hall–Kier alpha value is -2.56. The van der Waals surface area contributed by atoms with Crippen LogP contribution in [0.5, 0.6) is 5.75 Å². The number of carbonyl (C=O) groups excluding carboxylic acids is 1. The van der Waals surface area contributed by atoms with E-state index >= 15 is 0 Å². The van der Waals surface area contributed by atoms with E-state index in [4.69, 9.17) is 4.74 Å². The van der Waals surface area contributed by atoms with Crippen molar-refractivity contribution < 1.29 is 9.53 Å². The predicted molar refractivity (Wildman–Crippen MR) is 115 cm³/mol. The number of rotatable bonds is 5. The molecule has 1 aliphatic carbocycles. The summed E-state index contributed by atoms with van der Waals surface area (Å²) >= 11 is 0. The molecular weight excluding hydrogens is 362 g/mol. The summed E-state index contributed by atoms with van der Waals surface area (Å²) in [5.41, 5.74) is 3.45. The minimum absolute atomic E-state index is 0.0118. The van der Waals surface area contributed by atoms with Crippen LogP contribution >= 0.6 is 0 Å². The molecule has 1 aromatic heterocycles. The molecule has 0 spiro atoms. The zero-order valence-electron chi connectivity index (χ0n) is 17.5. The molecule has 0 radical (unpaired) electrons. The van der Waals surface area contributed by atoms with Crippen LogP contribution in [-0.4, -0.2) is 24.2 Å². The minimum atomic E-state index is -0.350. The third kappa shape index (κ3) is 4.72. The fourth-order valence-corrected chi connectivity index (χ4v) is 4.63. The van der Waals surface area contributed by atoms with Crippen molar-refractivity contribution >= 4 is 11.8 Å². The van der Waals surface area contributed by atoms with E-state index in [-0.39, 0.29) is 11.5 Å². The first-order chi connectivity index (χ1) is 14.0. The van der Waals surface area contributed by atoms with Gasteiger partial charge in [0.1, 0.15) is 5.75 Å². The van der Waals surface area contributed by atoms with Crippen LogP contribution in [0, 0.1) is 5.92 Å². The summed E-state index contributed by atoms with van der Waals surface area (Å²) in [6, 6.07) is 12.0. The molecule has 4 rings (SSSR count). The number of benzene rings is 1. The quantitative estimate of drug-likeness (QED) is 0.772. The smallest absolute Gasteiger partial charge is 0.410 e. The molecule has 1 amide bonds. The Morgan fingerprint density at radius 1 is 1.21 bits per heavy atom. The Morgan fingerprint density at radius 3 is 2.79 bits per heavy atom. The van der Waals surface area contributed by atoms with Gasteiger partial charge in [0.05, 0.1) is 12.2 Å². The van der Waals surface area contributed by atoms with Crippen LogP contribution < -0.4 is 15.0 Å². The lowest BCUT2D eigenvalue weighted by molar-refractivity contribution is 0.196. The van der Waals surface area contributed by atoms with E-state index in [1.165, 1.54) is 43.4 Å². The number of amides is 1. The number of carbonyl (C=O) groups is 1. The van der Waals surface area contributed by atoms with Gasteiger partial charge in [0.25, 0.3) is 0 Å². The molecule has 0 unspecified atom stereocenters. The van der Waals surface area contributed by atoms with Crippen LogP contribution in [0.2, 0.25) is 0 Å². The van der Waals surface area contributed by atoms with Gasteiger partial charge in [0.2, 0.25) is 0 Å². The molecule has 2 aliphatic rings. The first kappa shape index (κ1) is 19.7. The van der Waals surface area contributed by atoms with E-state index < -0.39 is 0 Å². The number of aromatic nitrogens is 1. The Balaban J connectivity index is 1.41. The molecule has 2 aromatic rings. The van der Waals surface area contributed by atoms with E-state index in [2.05, 4.69) is 41.2 Å². The van der Waals surface area contributed by atoms with Crippen molar-refractivity contribution in [1.82, 2.24) is 10.3 Å². The fraction of sp³-hybridized carbons (Fsp3) is 0.500. The Labute approximate surface area is 173 Å². The van der Waals surface area contributed by atoms with Crippen LogP contribution in [0.4, 0.5) is 10.5 Å². The largest absolute Gasteiger partial charge is 0.412 e. The van der Waals surface area contributed by atoms with Gasteiger partial charge < -0.3 is 15.0 Å². The summed E-state index contributed by atoms with van der Waals surface area (Å²) in [4.78, 5) is 19.1. The maximum Gasteiger partial charge on any atom is 0.412 e. The molecule has 29 heavy (non-hydrogen) atoms. The zero-order chi connectivity index (χ0) is 20.3. The molecule has 1 N–H and O–H groups in total. The van der Waals surface area contributed by atoms with Crippen molar-refractivity contribution in [3.8, 4) is 5.75 Å². The fourth-order valence-electron chi connectivity index (χ4n) is 4.63. The lowest BCUT2D eigenvalue weighted by Gasteiger charge is -2.22. The Morgan fingerprint density at radius 2 is 2.03 bits per heavy atom. The molecule has 154 valence electrons. The van der Waals surface area contributed by atoms with Crippen molar-refractivity contribution in [2.75, 3.05) is 18.0 Å². The van der Waals surface area contributed by atoms with Crippen LogP contribution in [0.15, 0.2) is 42.6 Å². The van der Waals surface area contributed by atoms with Crippen molar-refractivity contribution in [3.05, 3.63) is 53.9 Å². The third-order valence-corrected chi connectivity index (χ3v) is 6.17. The second kappa shape index (κ2) is 8.44. The molecule has 1 fully saturated rings. The molecule has 1 aromatic carbocycles. The summed E-state index contributed by atoms with van der Waals surface area (Å²) < 4.78 is 5.60. The van der Waals surface area contributed by atoms with Crippen LogP contribution in [-0.2, 0) is 12.0 Å². The third-order valence-electron chi connectivity index (χ3n) is 6.17. The second-order valence-electron chi connectivity index (χ2n) is 9.01. The SMILES string of the molecule is CC1(C)CN(Cc2ccccn2)c2ccc(OC(=O)NCC3CCCCC3)cc21. The average Bonchev–Trinajstić information content (AvgIpc) is 2.97. The van der Waals surface area contributed by atoms with Crippen LogP contribution in [0.25, 0.3) is 0 Å². The maximum atomic E-state index is 12.3. The lowest BCUT2D eigenvalue weighted by Crippen LogP contribution is -2.32. The average molecular weight is 394 g/mol. The molecule has 1 aliphatic heterocycles. The number of pyridine rings is 1. The molecular formula is C24H31N3O2. The maximum absolute atomic E-state index is 12.3. The molecule has 5 heteroatoms. The van der Waals surface area contributed by atoms with Gasteiger partial charge in [-0.1, -0.05) is 39.2 Å². The van der Waals surface area contributed by atoms with E-state index in [1.54, 1.807) is 0 Å². The van der Waals surface area contributed by atoms with E-state index in [0.29, 0.717) is 18.2 Å². The number of nitrogens with one attached hydrogen (secondary N) is 1. The minimum Gasteiger partial charge on any atom is -0.410 e. The number of hydrogen-bond donors (Lipinski definition) is 1. The summed E-state index contributed by atoms with van der Waals surface area (Å²) in [7, 11) is 0. The number of fused-ring (bicyclic) bond motifs is 1. The monoisotopic (exact) mass is 393 g/mol. The number of anilines is 1. The summed E-state index contributed by atoms with van der Waals surface area (Å²) in [6.45, 7) is 6.87. The van der Waals surface area contributed by atoms with Crippen molar-refractivity contribution in [3.63, 3.8) is 0 Å². The highest BCUT2D eigenvalue weighted by Crippen LogP contribution is 2.42. The van der Waals surface area contributed by atoms with Gasteiger partial charge in [-0.15, -0.1) is 0 Å². The standard InChI is InChI=1S/C24H31N3O2/c1-24(2)17-27(16-19-10-6-7-13-25-19)22-12-11-20(14-21(22)24)29-23(28)26-15-18-8-4-3-5-9-18/h6-7,10-14,18H,3-5,8-9,15-17H2,1-2H3,(H,26,28). The van der Waals surface area contributed by atoms with Gasteiger partial charge >= 0.3 is 6.09 Å². The molecule has 2 heterocycles. The highest BCUT2D eigenvalue weighted by atomic mass is 16.6. The van der Waals surface area contributed by atoms with Crippen molar-refractivity contribution in [1.29, 1.82) is 0 Å². The van der Waals surface area contributed by atoms with E-state index in [0.717, 1.165) is 18.8 Å². The zero-order valence-corrected chi connectivity index (χ0v) is 17.5. The highest BCUT2D eigenvalue weighted by molar-refractivity contribution is 5.72. The number of nitrogens with zero attached hydrogens (tertiary/aromatic N) is 2. The molecule has 0 bridgehead atoms.